The molecular formula is C20H14O4. The number of methoxy groups -OCH3 is 1. The van der Waals surface area contributed by atoms with Crippen molar-refractivity contribution in [1.29, 1.82) is 0 Å². The zero-order chi connectivity index (χ0) is 17.0. The first-order valence-corrected chi connectivity index (χ1v) is 7.56. The highest BCUT2D eigenvalue weighted by atomic mass is 16.5. The summed E-state index contributed by atoms with van der Waals surface area (Å²) in [4.78, 5) is 25.9. The Balaban J connectivity index is 2.18. The van der Waals surface area contributed by atoms with Crippen LogP contribution in [0.4, 0.5) is 0 Å². The highest BCUT2D eigenvalue weighted by Crippen LogP contribution is 2.40. The fourth-order valence-electron chi connectivity index (χ4n) is 3.39. The van der Waals surface area contributed by atoms with Gasteiger partial charge in [-0.2, -0.15) is 0 Å². The molecule has 24 heavy (non-hydrogen) atoms. The number of phenols is 1. The minimum Gasteiger partial charge on any atom is -0.507 e. The smallest absolute Gasteiger partial charge is 0.199 e. The van der Waals surface area contributed by atoms with Crippen molar-refractivity contribution in [3.05, 3.63) is 70.3 Å². The molecule has 0 atom stereocenters. The third-order valence-corrected chi connectivity index (χ3v) is 4.57. The van der Waals surface area contributed by atoms with E-state index in [1.807, 2.05) is 19.1 Å². The second-order valence-electron chi connectivity index (χ2n) is 5.85. The molecule has 0 aromatic heterocycles. The number of aryl methyl sites for hydroxylation is 1. The standard InChI is InChI=1S/C20H14O4/c1-10-6-9-15(24-2)17-11(10)7-8-13-18(17)20(23)16-12(19(13)22)4-3-5-14(16)21/h3-9,21H,1-2H3. The molecule has 4 rings (SSSR count). The van der Waals surface area contributed by atoms with Gasteiger partial charge in [0.25, 0.3) is 0 Å². The maximum absolute atomic E-state index is 13.1. The lowest BCUT2D eigenvalue weighted by Gasteiger charge is -2.21. The van der Waals surface area contributed by atoms with Gasteiger partial charge in [0.05, 0.1) is 12.7 Å². The molecule has 0 bridgehead atoms. The van der Waals surface area contributed by atoms with E-state index in [9.17, 15) is 14.7 Å². The van der Waals surface area contributed by atoms with Gasteiger partial charge in [-0.3, -0.25) is 9.59 Å². The molecule has 4 nitrogen and oxygen atoms in total. The van der Waals surface area contributed by atoms with Crippen LogP contribution >= 0.6 is 0 Å². The van der Waals surface area contributed by atoms with Gasteiger partial charge in [0.1, 0.15) is 11.5 Å². The first-order chi connectivity index (χ1) is 11.5. The van der Waals surface area contributed by atoms with Crippen LogP contribution in [0.2, 0.25) is 0 Å². The van der Waals surface area contributed by atoms with Gasteiger partial charge in [-0.25, -0.2) is 0 Å². The number of ketones is 2. The van der Waals surface area contributed by atoms with Crippen molar-refractivity contribution in [2.45, 2.75) is 6.92 Å². The quantitative estimate of drug-likeness (QED) is 0.582. The molecule has 0 amide bonds. The summed E-state index contributed by atoms with van der Waals surface area (Å²) in [5, 5.41) is 11.6. The van der Waals surface area contributed by atoms with Gasteiger partial charge in [-0.15, -0.1) is 0 Å². The van der Waals surface area contributed by atoms with E-state index in [2.05, 4.69) is 0 Å². The van der Waals surface area contributed by atoms with E-state index in [0.717, 1.165) is 10.9 Å². The van der Waals surface area contributed by atoms with E-state index < -0.39 is 0 Å². The van der Waals surface area contributed by atoms with Crippen LogP contribution in [0.15, 0.2) is 42.5 Å². The molecule has 0 heterocycles. The van der Waals surface area contributed by atoms with Crippen molar-refractivity contribution in [2.24, 2.45) is 0 Å². The highest BCUT2D eigenvalue weighted by molar-refractivity contribution is 6.33. The largest absolute Gasteiger partial charge is 0.507 e. The molecular weight excluding hydrogens is 304 g/mol. The Kier molecular flexibility index (Phi) is 2.97. The van der Waals surface area contributed by atoms with Crippen LogP contribution in [0.25, 0.3) is 10.8 Å². The zero-order valence-electron chi connectivity index (χ0n) is 13.2. The number of hydrogen-bond donors (Lipinski definition) is 1. The SMILES string of the molecule is COc1ccc(C)c2ccc3c(c12)C(=O)c1c(O)cccc1C3=O. The second kappa shape index (κ2) is 4.93. The molecule has 0 aliphatic heterocycles. The monoisotopic (exact) mass is 318 g/mol. The number of carbonyl (C=O) groups is 2. The molecule has 0 spiro atoms. The number of benzene rings is 3. The van der Waals surface area contributed by atoms with Crippen LogP contribution in [0.3, 0.4) is 0 Å². The molecule has 1 N–H and O–H groups in total. The normalized spacial score (nSPS) is 12.9. The topological polar surface area (TPSA) is 63.6 Å². The number of hydrogen-bond acceptors (Lipinski definition) is 4. The van der Waals surface area contributed by atoms with E-state index in [0.29, 0.717) is 22.3 Å². The predicted octanol–water partition coefficient (Wildman–Crippen LogP) is 3.64. The van der Waals surface area contributed by atoms with Crippen LogP contribution in [-0.2, 0) is 0 Å². The molecule has 0 saturated heterocycles. The van der Waals surface area contributed by atoms with Crippen molar-refractivity contribution in [1.82, 2.24) is 0 Å². The fourth-order valence-corrected chi connectivity index (χ4v) is 3.39. The van der Waals surface area contributed by atoms with Crippen LogP contribution in [0, 0.1) is 6.92 Å². The molecule has 0 unspecified atom stereocenters. The van der Waals surface area contributed by atoms with Gasteiger partial charge in [-0.05, 0) is 36.1 Å². The number of rotatable bonds is 1. The summed E-state index contributed by atoms with van der Waals surface area (Å²) in [6.07, 6.45) is 0. The second-order valence-corrected chi connectivity index (χ2v) is 5.85. The number of ether oxygens (including phenoxy) is 1. The van der Waals surface area contributed by atoms with Crippen LogP contribution in [0.1, 0.15) is 37.4 Å². The van der Waals surface area contributed by atoms with Gasteiger partial charge in [0.15, 0.2) is 11.6 Å². The summed E-state index contributed by atoms with van der Waals surface area (Å²) in [5.41, 5.74) is 1.92. The average molecular weight is 318 g/mol. The molecule has 1 aliphatic carbocycles. The van der Waals surface area contributed by atoms with Gasteiger partial charge in [-0.1, -0.05) is 24.3 Å². The molecule has 118 valence electrons. The van der Waals surface area contributed by atoms with Gasteiger partial charge >= 0.3 is 0 Å². The lowest BCUT2D eigenvalue weighted by atomic mass is 9.80. The Morgan fingerprint density at radius 3 is 2.38 bits per heavy atom. The maximum Gasteiger partial charge on any atom is 0.199 e. The zero-order valence-corrected chi connectivity index (χ0v) is 13.2. The van der Waals surface area contributed by atoms with E-state index in [1.54, 1.807) is 24.3 Å². The Morgan fingerprint density at radius 2 is 1.62 bits per heavy atom. The Bertz CT molecular complexity index is 1050. The molecule has 0 fully saturated rings. The molecule has 1 aliphatic rings. The van der Waals surface area contributed by atoms with Gasteiger partial charge in [0, 0.05) is 22.1 Å². The third-order valence-electron chi connectivity index (χ3n) is 4.57. The summed E-state index contributed by atoms with van der Waals surface area (Å²) >= 11 is 0. The van der Waals surface area contributed by atoms with Crippen LogP contribution < -0.4 is 4.74 Å². The average Bonchev–Trinajstić information content (AvgIpc) is 2.59. The minimum absolute atomic E-state index is 0.0612. The lowest BCUT2D eigenvalue weighted by Crippen LogP contribution is -2.21. The van der Waals surface area contributed by atoms with E-state index in [-0.39, 0.29) is 28.4 Å². The first-order valence-electron chi connectivity index (χ1n) is 7.56. The van der Waals surface area contributed by atoms with E-state index in [4.69, 9.17) is 4.74 Å². The van der Waals surface area contributed by atoms with Crippen LogP contribution in [-0.4, -0.2) is 23.8 Å². The summed E-state index contributed by atoms with van der Waals surface area (Å²) in [6.45, 7) is 1.94. The summed E-state index contributed by atoms with van der Waals surface area (Å²) in [7, 11) is 1.53. The first kappa shape index (κ1) is 14.5. The van der Waals surface area contributed by atoms with Gasteiger partial charge < -0.3 is 9.84 Å². The highest BCUT2D eigenvalue weighted by Gasteiger charge is 2.34. The summed E-state index contributed by atoms with van der Waals surface area (Å²) in [5.74, 6) is -0.263. The predicted molar refractivity (Wildman–Crippen MR) is 90.2 cm³/mol. The van der Waals surface area contributed by atoms with E-state index >= 15 is 0 Å². The fraction of sp³-hybridized carbons (Fsp3) is 0.100. The molecule has 3 aromatic rings. The van der Waals surface area contributed by atoms with Crippen molar-refractivity contribution in [3.8, 4) is 11.5 Å². The number of carbonyl (C=O) groups excluding carboxylic acids is 2. The number of phenolic OH excluding ortho intramolecular Hbond substituents is 1. The molecule has 0 radical (unpaired) electrons. The minimum atomic E-state index is -0.354. The summed E-state index contributed by atoms with van der Waals surface area (Å²) < 4.78 is 5.42. The van der Waals surface area contributed by atoms with Gasteiger partial charge in [0.2, 0.25) is 0 Å². The van der Waals surface area contributed by atoms with E-state index in [1.165, 1.54) is 13.2 Å². The van der Waals surface area contributed by atoms with Crippen molar-refractivity contribution in [3.63, 3.8) is 0 Å². The molecule has 4 heteroatoms. The lowest BCUT2D eigenvalue weighted by molar-refractivity contribution is 0.0978. The maximum atomic E-state index is 13.1. The van der Waals surface area contributed by atoms with Crippen molar-refractivity contribution < 1.29 is 19.4 Å². The Morgan fingerprint density at radius 1 is 0.875 bits per heavy atom. The number of fused-ring (bicyclic) bond motifs is 4. The van der Waals surface area contributed by atoms with Crippen LogP contribution in [0.5, 0.6) is 11.5 Å². The van der Waals surface area contributed by atoms with Crippen molar-refractivity contribution >= 4 is 22.3 Å². The Labute approximate surface area is 138 Å². The molecule has 0 saturated carbocycles. The summed E-state index contributed by atoms with van der Waals surface area (Å²) in [6, 6.07) is 11.8. The number of aromatic hydroxyl groups is 1. The third kappa shape index (κ3) is 1.74. The van der Waals surface area contributed by atoms with Crippen molar-refractivity contribution in [2.75, 3.05) is 7.11 Å². The Hall–Kier alpha value is -3.14. The molecule has 3 aromatic carbocycles.